The monoisotopic (exact) mass is 342 g/mol. The summed E-state index contributed by atoms with van der Waals surface area (Å²) in [4.78, 5) is 0. The van der Waals surface area contributed by atoms with Crippen molar-refractivity contribution >= 4 is 40.1 Å². The number of thiocarbonyl (C=S) groups is 1. The van der Waals surface area contributed by atoms with Gasteiger partial charge in [0, 0.05) is 34.8 Å². The number of anilines is 4. The predicted octanol–water partition coefficient (Wildman–Crippen LogP) is 5.14. The minimum Gasteiger partial charge on any atom is -0.383 e. The standard InChI is InChI=1S/C19H26N4S/c1-13(2)20-15-5-9-17(10-6-15)22-19(24)23-18-11-7-16(8-12-18)21-14(3)4/h5-14,20-21H,1-4H3,(H2,22,23,24). The van der Waals surface area contributed by atoms with E-state index in [1.807, 2.05) is 48.5 Å². The van der Waals surface area contributed by atoms with Crippen LogP contribution in [-0.2, 0) is 0 Å². The molecule has 0 bridgehead atoms. The van der Waals surface area contributed by atoms with E-state index in [0.717, 1.165) is 22.7 Å². The van der Waals surface area contributed by atoms with E-state index >= 15 is 0 Å². The summed E-state index contributed by atoms with van der Waals surface area (Å²) in [5.41, 5.74) is 4.12. The van der Waals surface area contributed by atoms with Crippen molar-refractivity contribution in [3.63, 3.8) is 0 Å². The van der Waals surface area contributed by atoms with Crippen molar-refractivity contribution in [1.82, 2.24) is 0 Å². The first-order valence-electron chi connectivity index (χ1n) is 8.23. The van der Waals surface area contributed by atoms with Crippen LogP contribution in [0.2, 0.25) is 0 Å². The van der Waals surface area contributed by atoms with Crippen LogP contribution in [0.1, 0.15) is 27.7 Å². The van der Waals surface area contributed by atoms with E-state index in [1.54, 1.807) is 0 Å². The molecule has 0 atom stereocenters. The van der Waals surface area contributed by atoms with Gasteiger partial charge in [0.15, 0.2) is 5.11 Å². The van der Waals surface area contributed by atoms with Crippen LogP contribution in [0.15, 0.2) is 48.5 Å². The summed E-state index contributed by atoms with van der Waals surface area (Å²) < 4.78 is 0. The molecular weight excluding hydrogens is 316 g/mol. The maximum absolute atomic E-state index is 5.37. The molecule has 0 heterocycles. The first-order valence-corrected chi connectivity index (χ1v) is 8.64. The molecule has 0 amide bonds. The zero-order chi connectivity index (χ0) is 17.5. The fourth-order valence-electron chi connectivity index (χ4n) is 2.26. The lowest BCUT2D eigenvalue weighted by Crippen LogP contribution is -2.19. The van der Waals surface area contributed by atoms with Crippen molar-refractivity contribution in [2.24, 2.45) is 0 Å². The number of hydrogen-bond donors (Lipinski definition) is 4. The lowest BCUT2D eigenvalue weighted by atomic mass is 10.2. The average Bonchev–Trinajstić information content (AvgIpc) is 2.50. The van der Waals surface area contributed by atoms with Crippen LogP contribution in [0.25, 0.3) is 0 Å². The van der Waals surface area contributed by atoms with E-state index in [-0.39, 0.29) is 0 Å². The quantitative estimate of drug-likeness (QED) is 0.548. The van der Waals surface area contributed by atoms with Crippen LogP contribution >= 0.6 is 12.2 Å². The highest BCUT2D eigenvalue weighted by molar-refractivity contribution is 7.80. The van der Waals surface area contributed by atoms with Crippen molar-refractivity contribution in [2.75, 3.05) is 21.3 Å². The molecule has 0 aromatic heterocycles. The Balaban J connectivity index is 1.88. The fraction of sp³-hybridized carbons (Fsp3) is 0.316. The molecule has 2 aromatic carbocycles. The molecule has 0 saturated carbocycles. The first kappa shape index (κ1) is 18.1. The maximum Gasteiger partial charge on any atom is 0.175 e. The molecule has 5 heteroatoms. The third kappa shape index (κ3) is 6.08. The second-order valence-electron chi connectivity index (χ2n) is 6.33. The minimum atomic E-state index is 0.416. The van der Waals surface area contributed by atoms with Crippen molar-refractivity contribution in [1.29, 1.82) is 0 Å². The zero-order valence-electron chi connectivity index (χ0n) is 14.7. The second kappa shape index (κ2) is 8.55. The van der Waals surface area contributed by atoms with Crippen LogP contribution in [0.5, 0.6) is 0 Å². The van der Waals surface area contributed by atoms with Gasteiger partial charge >= 0.3 is 0 Å². The van der Waals surface area contributed by atoms with Crippen LogP contribution in [-0.4, -0.2) is 17.2 Å². The summed E-state index contributed by atoms with van der Waals surface area (Å²) in [5, 5.41) is 13.7. The molecule has 0 spiro atoms. The molecule has 0 aliphatic rings. The molecule has 2 aromatic rings. The van der Waals surface area contributed by atoms with Gasteiger partial charge in [-0.15, -0.1) is 0 Å². The van der Waals surface area contributed by atoms with Crippen LogP contribution in [0.4, 0.5) is 22.7 Å². The van der Waals surface area contributed by atoms with Gasteiger partial charge in [-0.05, 0) is 88.4 Å². The molecule has 0 fully saturated rings. The van der Waals surface area contributed by atoms with Crippen LogP contribution in [0, 0.1) is 0 Å². The second-order valence-corrected chi connectivity index (χ2v) is 6.74. The van der Waals surface area contributed by atoms with E-state index in [4.69, 9.17) is 12.2 Å². The molecule has 128 valence electrons. The molecule has 0 radical (unpaired) electrons. The molecule has 2 rings (SSSR count). The Bertz CT molecular complexity index is 591. The predicted molar refractivity (Wildman–Crippen MR) is 110 cm³/mol. The highest BCUT2D eigenvalue weighted by atomic mass is 32.1. The highest BCUT2D eigenvalue weighted by Gasteiger charge is 2.01. The number of rotatable bonds is 6. The summed E-state index contributed by atoms with van der Waals surface area (Å²) in [7, 11) is 0. The van der Waals surface area contributed by atoms with Gasteiger partial charge in [0.25, 0.3) is 0 Å². The summed E-state index contributed by atoms with van der Waals surface area (Å²) in [6.07, 6.45) is 0. The Labute approximate surface area is 150 Å². The third-order valence-corrected chi connectivity index (χ3v) is 3.40. The minimum absolute atomic E-state index is 0.416. The number of hydrogen-bond acceptors (Lipinski definition) is 3. The van der Waals surface area contributed by atoms with Gasteiger partial charge in [0.1, 0.15) is 0 Å². The van der Waals surface area contributed by atoms with Gasteiger partial charge in [-0.3, -0.25) is 0 Å². The maximum atomic E-state index is 5.37. The summed E-state index contributed by atoms with van der Waals surface area (Å²) in [6, 6.07) is 17.0. The Morgan fingerprint density at radius 3 is 1.21 bits per heavy atom. The van der Waals surface area contributed by atoms with Gasteiger partial charge in [0.2, 0.25) is 0 Å². The molecule has 0 aliphatic carbocycles. The third-order valence-electron chi connectivity index (χ3n) is 3.20. The normalized spacial score (nSPS) is 10.6. The van der Waals surface area contributed by atoms with Gasteiger partial charge < -0.3 is 21.3 Å². The molecular formula is C19H26N4S. The van der Waals surface area contributed by atoms with Crippen molar-refractivity contribution in [3.05, 3.63) is 48.5 Å². The Morgan fingerprint density at radius 2 is 0.917 bits per heavy atom. The highest BCUT2D eigenvalue weighted by Crippen LogP contribution is 2.17. The average molecular weight is 343 g/mol. The van der Waals surface area contributed by atoms with Crippen molar-refractivity contribution in [2.45, 2.75) is 39.8 Å². The Morgan fingerprint density at radius 1 is 0.625 bits per heavy atom. The zero-order valence-corrected chi connectivity index (χ0v) is 15.5. The summed E-state index contributed by atoms with van der Waals surface area (Å²) in [5.74, 6) is 0. The van der Waals surface area contributed by atoms with E-state index in [1.165, 1.54) is 0 Å². The van der Waals surface area contributed by atoms with Crippen molar-refractivity contribution < 1.29 is 0 Å². The van der Waals surface area contributed by atoms with Gasteiger partial charge in [-0.1, -0.05) is 0 Å². The van der Waals surface area contributed by atoms with Crippen molar-refractivity contribution in [3.8, 4) is 0 Å². The lowest BCUT2D eigenvalue weighted by molar-refractivity contribution is 0.899. The molecule has 4 nitrogen and oxygen atoms in total. The van der Waals surface area contributed by atoms with Crippen LogP contribution < -0.4 is 21.3 Å². The van der Waals surface area contributed by atoms with Crippen LogP contribution in [0.3, 0.4) is 0 Å². The fourth-order valence-corrected chi connectivity index (χ4v) is 2.50. The molecule has 0 aliphatic heterocycles. The molecule has 0 unspecified atom stereocenters. The first-order chi connectivity index (χ1) is 11.4. The summed E-state index contributed by atoms with van der Waals surface area (Å²) in [6.45, 7) is 8.47. The molecule has 0 saturated heterocycles. The topological polar surface area (TPSA) is 48.1 Å². The summed E-state index contributed by atoms with van der Waals surface area (Å²) >= 11 is 5.37. The SMILES string of the molecule is CC(C)Nc1ccc(NC(=S)Nc2ccc(NC(C)C)cc2)cc1. The van der Waals surface area contributed by atoms with Gasteiger partial charge in [-0.25, -0.2) is 0 Å². The largest absolute Gasteiger partial charge is 0.383 e. The van der Waals surface area contributed by atoms with E-state index in [2.05, 4.69) is 49.0 Å². The Hall–Kier alpha value is -2.27. The van der Waals surface area contributed by atoms with Gasteiger partial charge in [-0.2, -0.15) is 0 Å². The van der Waals surface area contributed by atoms with E-state index in [9.17, 15) is 0 Å². The Kier molecular flexibility index (Phi) is 6.44. The van der Waals surface area contributed by atoms with E-state index in [0.29, 0.717) is 17.2 Å². The molecule has 4 N–H and O–H groups in total. The van der Waals surface area contributed by atoms with E-state index < -0.39 is 0 Å². The molecule has 24 heavy (non-hydrogen) atoms. The number of benzene rings is 2. The smallest absolute Gasteiger partial charge is 0.175 e. The van der Waals surface area contributed by atoms with Gasteiger partial charge in [0.05, 0.1) is 0 Å². The lowest BCUT2D eigenvalue weighted by Gasteiger charge is -2.14. The number of nitrogens with one attached hydrogen (secondary N) is 4.